The van der Waals surface area contributed by atoms with Crippen molar-refractivity contribution in [1.29, 1.82) is 0 Å². The molecule has 0 saturated heterocycles. The van der Waals surface area contributed by atoms with E-state index in [1.807, 2.05) is 24.3 Å². The van der Waals surface area contributed by atoms with Crippen LogP contribution in [0, 0.1) is 11.8 Å². The van der Waals surface area contributed by atoms with Crippen molar-refractivity contribution in [1.82, 2.24) is 30.8 Å². The number of aromatic amines is 1. The molecule has 3 aliphatic rings. The smallest absolute Gasteiger partial charge is 0.251 e. The van der Waals surface area contributed by atoms with Gasteiger partial charge < -0.3 is 10.1 Å². The van der Waals surface area contributed by atoms with Crippen molar-refractivity contribution in [3.63, 3.8) is 0 Å². The first kappa shape index (κ1) is 26.0. The van der Waals surface area contributed by atoms with Gasteiger partial charge in [0.1, 0.15) is 11.4 Å². The monoisotopic (exact) mass is 547 g/mol. The number of H-pyrrole nitrogens is 1. The molecule has 2 heterocycles. The second kappa shape index (κ2) is 10.7. The number of tetrazole rings is 1. The number of aromatic nitrogens is 4. The molecule has 2 saturated carbocycles. The van der Waals surface area contributed by atoms with Crippen LogP contribution in [0.25, 0.3) is 0 Å². The van der Waals surface area contributed by atoms with Crippen LogP contribution in [0.15, 0.2) is 47.5 Å². The molecule has 9 nitrogen and oxygen atoms in total. The zero-order valence-corrected chi connectivity index (χ0v) is 23.1. The van der Waals surface area contributed by atoms with Crippen molar-refractivity contribution >= 4 is 23.2 Å². The van der Waals surface area contributed by atoms with Gasteiger partial charge in [0.15, 0.2) is 5.82 Å². The van der Waals surface area contributed by atoms with Crippen molar-refractivity contribution < 1.29 is 9.53 Å². The number of hydrogen-bond acceptors (Lipinski definition) is 7. The molecule has 10 heteroatoms. The highest BCUT2D eigenvalue weighted by molar-refractivity contribution is 6.32. The van der Waals surface area contributed by atoms with Crippen LogP contribution in [0.1, 0.15) is 78.8 Å². The first-order chi connectivity index (χ1) is 19.0. The molecule has 0 bridgehead atoms. The van der Waals surface area contributed by atoms with E-state index in [4.69, 9.17) is 21.3 Å². The minimum Gasteiger partial charge on any atom is -0.495 e. The highest BCUT2D eigenvalue weighted by atomic mass is 35.5. The van der Waals surface area contributed by atoms with Gasteiger partial charge in [-0.3, -0.25) is 14.7 Å². The zero-order valence-electron chi connectivity index (χ0n) is 22.4. The second-order valence-corrected chi connectivity index (χ2v) is 11.5. The normalized spacial score (nSPS) is 24.0. The van der Waals surface area contributed by atoms with Crippen molar-refractivity contribution in [3.8, 4) is 5.75 Å². The fourth-order valence-corrected chi connectivity index (χ4v) is 6.37. The predicted octanol–water partition coefficient (Wildman–Crippen LogP) is 4.95. The third kappa shape index (κ3) is 5.30. The van der Waals surface area contributed by atoms with E-state index in [9.17, 15) is 4.79 Å². The Balaban J connectivity index is 1.27. The van der Waals surface area contributed by atoms with E-state index < -0.39 is 0 Å². The van der Waals surface area contributed by atoms with Gasteiger partial charge in [0.2, 0.25) is 0 Å². The number of carbonyl (C=O) groups excluding carboxylic acids is 1. The molecule has 0 radical (unpaired) electrons. The van der Waals surface area contributed by atoms with Gasteiger partial charge in [-0.05, 0) is 91.8 Å². The number of aliphatic imine (C=N–C) groups is 1. The van der Waals surface area contributed by atoms with Crippen LogP contribution < -0.4 is 10.1 Å². The van der Waals surface area contributed by atoms with E-state index in [-0.39, 0.29) is 24.2 Å². The Labute approximate surface area is 233 Å². The first-order valence-corrected chi connectivity index (χ1v) is 14.1. The molecule has 1 spiro atoms. The maximum atomic E-state index is 12.7. The fraction of sp³-hybridized carbons (Fsp3) is 0.483. The van der Waals surface area contributed by atoms with Crippen molar-refractivity contribution in [2.75, 3.05) is 13.7 Å². The molecule has 1 aromatic heterocycles. The zero-order chi connectivity index (χ0) is 27.0. The number of nitrogens with one attached hydrogen (secondary N) is 2. The van der Waals surface area contributed by atoms with Crippen LogP contribution in [0.2, 0.25) is 5.02 Å². The number of methoxy groups -OCH3 is 1. The standard InChI is InChI=1S/C29H34ClN7O2/c1-18-11-13-29(14-12-18)32-24(22-9-10-25(39-2)23(30)15-22)17-37(29)27(19-3-4-19)20-5-7-21(8-6-20)28(38)31-16-26-33-35-36-34-26/h5-10,15,18-19,27H,3-4,11-14,16-17H2,1-2H3,(H,31,38)(H,33,34,35,36). The third-order valence-corrected chi connectivity index (χ3v) is 8.77. The number of amides is 1. The summed E-state index contributed by atoms with van der Waals surface area (Å²) in [5.74, 6) is 2.28. The van der Waals surface area contributed by atoms with Crippen molar-refractivity contribution in [2.24, 2.45) is 16.8 Å². The molecule has 2 N–H and O–H groups in total. The molecule has 204 valence electrons. The summed E-state index contributed by atoms with van der Waals surface area (Å²) in [6.07, 6.45) is 6.89. The van der Waals surface area contributed by atoms with Crippen molar-refractivity contribution in [2.45, 2.75) is 63.7 Å². The molecule has 3 aromatic rings. The third-order valence-electron chi connectivity index (χ3n) is 8.47. The molecule has 6 rings (SSSR count). The van der Waals surface area contributed by atoms with E-state index in [0.717, 1.165) is 36.6 Å². The number of hydrogen-bond donors (Lipinski definition) is 2. The van der Waals surface area contributed by atoms with Gasteiger partial charge in [-0.15, -0.1) is 10.2 Å². The van der Waals surface area contributed by atoms with Gasteiger partial charge >= 0.3 is 0 Å². The van der Waals surface area contributed by atoms with Crippen LogP contribution in [0.5, 0.6) is 5.75 Å². The summed E-state index contributed by atoms with van der Waals surface area (Å²) in [6, 6.07) is 14.3. The Hall–Kier alpha value is -3.30. The maximum Gasteiger partial charge on any atom is 0.251 e. The lowest BCUT2D eigenvalue weighted by Gasteiger charge is -2.45. The van der Waals surface area contributed by atoms with E-state index in [1.54, 1.807) is 7.11 Å². The second-order valence-electron chi connectivity index (χ2n) is 11.1. The molecule has 2 aromatic carbocycles. The molecular formula is C29H34ClN7O2. The lowest BCUT2D eigenvalue weighted by molar-refractivity contribution is 0.0273. The van der Waals surface area contributed by atoms with Crippen LogP contribution in [-0.4, -0.2) is 56.5 Å². The number of rotatable bonds is 8. The predicted molar refractivity (Wildman–Crippen MR) is 149 cm³/mol. The fourth-order valence-electron chi connectivity index (χ4n) is 6.11. The average Bonchev–Trinajstić information content (AvgIpc) is 3.52. The molecular weight excluding hydrogens is 514 g/mol. The number of benzene rings is 2. The van der Waals surface area contributed by atoms with Gasteiger partial charge in [0.25, 0.3) is 5.91 Å². The summed E-state index contributed by atoms with van der Waals surface area (Å²) in [4.78, 5) is 20.9. The molecule has 1 atom stereocenters. The van der Waals surface area contributed by atoms with Gasteiger partial charge in [0, 0.05) is 18.2 Å². The molecule has 39 heavy (non-hydrogen) atoms. The van der Waals surface area contributed by atoms with Crippen LogP contribution in [0.3, 0.4) is 0 Å². The Morgan fingerprint density at radius 3 is 2.59 bits per heavy atom. The number of carbonyl (C=O) groups is 1. The molecule has 1 unspecified atom stereocenters. The van der Waals surface area contributed by atoms with Crippen LogP contribution >= 0.6 is 11.6 Å². The van der Waals surface area contributed by atoms with Crippen LogP contribution in [0.4, 0.5) is 0 Å². The largest absolute Gasteiger partial charge is 0.495 e. The van der Waals surface area contributed by atoms with E-state index in [2.05, 4.69) is 56.0 Å². The van der Waals surface area contributed by atoms with Gasteiger partial charge in [0.05, 0.1) is 24.4 Å². The summed E-state index contributed by atoms with van der Waals surface area (Å²) >= 11 is 6.51. The lowest BCUT2D eigenvalue weighted by atomic mass is 9.81. The minimum atomic E-state index is -0.206. The van der Waals surface area contributed by atoms with Gasteiger partial charge in [-0.1, -0.05) is 35.9 Å². The molecule has 2 fully saturated rings. The summed E-state index contributed by atoms with van der Waals surface area (Å²) in [5, 5.41) is 17.2. The summed E-state index contributed by atoms with van der Waals surface area (Å²) < 4.78 is 5.38. The molecule has 1 amide bonds. The first-order valence-electron chi connectivity index (χ1n) is 13.8. The van der Waals surface area contributed by atoms with Gasteiger partial charge in [-0.2, -0.15) is 5.21 Å². The SMILES string of the molecule is COc1ccc(C2=NC3(CCC(C)CC3)N(C(c3ccc(C(=O)NCc4nn[nH]n4)cc3)C3CC3)C2)cc1Cl. The summed E-state index contributed by atoms with van der Waals surface area (Å²) in [5.41, 5.74) is 3.81. The quantitative estimate of drug-likeness (QED) is 0.413. The summed E-state index contributed by atoms with van der Waals surface area (Å²) in [6.45, 7) is 3.36. The topological polar surface area (TPSA) is 108 Å². The Morgan fingerprint density at radius 1 is 1.18 bits per heavy atom. The van der Waals surface area contributed by atoms with E-state index in [0.29, 0.717) is 28.1 Å². The Bertz CT molecular complexity index is 1350. The number of ether oxygens (including phenoxy) is 1. The highest BCUT2D eigenvalue weighted by Crippen LogP contribution is 2.52. The van der Waals surface area contributed by atoms with Crippen LogP contribution in [-0.2, 0) is 6.54 Å². The number of nitrogens with zero attached hydrogens (tertiary/aromatic N) is 5. The Kier molecular flexibility index (Phi) is 7.12. The lowest BCUT2D eigenvalue weighted by Crippen LogP contribution is -2.49. The summed E-state index contributed by atoms with van der Waals surface area (Å²) in [7, 11) is 1.64. The number of halogens is 1. The van der Waals surface area contributed by atoms with Gasteiger partial charge in [-0.25, -0.2) is 0 Å². The van der Waals surface area contributed by atoms with E-state index in [1.165, 1.54) is 31.2 Å². The van der Waals surface area contributed by atoms with E-state index >= 15 is 0 Å². The Morgan fingerprint density at radius 2 is 1.95 bits per heavy atom. The minimum absolute atomic E-state index is 0.157. The molecule has 2 aliphatic carbocycles. The molecule has 1 aliphatic heterocycles. The maximum absolute atomic E-state index is 12.7. The van der Waals surface area contributed by atoms with Crippen molar-refractivity contribution in [3.05, 3.63) is 70.0 Å². The average molecular weight is 548 g/mol. The highest BCUT2D eigenvalue weighted by Gasteiger charge is 2.50.